The van der Waals surface area contributed by atoms with Gasteiger partial charge >= 0.3 is 0 Å². The Hall–Kier alpha value is -1.21. The molecule has 0 saturated carbocycles. The lowest BCUT2D eigenvalue weighted by Crippen LogP contribution is -2.50. The molecule has 24 heavy (non-hydrogen) atoms. The van der Waals surface area contributed by atoms with Crippen LogP contribution in [-0.2, 0) is 17.8 Å². The summed E-state index contributed by atoms with van der Waals surface area (Å²) < 4.78 is 11.6. The number of likely N-dealkylation sites (tertiary alicyclic amines) is 1. The first-order valence-corrected chi connectivity index (χ1v) is 9.67. The molecule has 0 N–H and O–H groups in total. The van der Waals surface area contributed by atoms with E-state index in [0.29, 0.717) is 12.1 Å². The van der Waals surface area contributed by atoms with Crippen LogP contribution in [0.3, 0.4) is 0 Å². The summed E-state index contributed by atoms with van der Waals surface area (Å²) in [7, 11) is 0. The maximum absolute atomic E-state index is 6.11. The van der Waals surface area contributed by atoms with E-state index in [1.165, 1.54) is 5.69 Å². The Labute approximate surface area is 147 Å². The zero-order valence-corrected chi connectivity index (χ0v) is 15.0. The number of thiazole rings is 1. The number of ether oxygens (including phenoxy) is 1. The van der Waals surface area contributed by atoms with Crippen molar-refractivity contribution >= 4 is 11.3 Å². The third-order valence-corrected chi connectivity index (χ3v) is 5.89. The van der Waals surface area contributed by atoms with E-state index in [1.807, 2.05) is 6.07 Å². The highest BCUT2D eigenvalue weighted by Gasteiger charge is 2.35. The maximum Gasteiger partial charge on any atom is 0.117 e. The molecule has 2 aromatic rings. The molecule has 0 bridgehead atoms. The van der Waals surface area contributed by atoms with Gasteiger partial charge < -0.3 is 9.15 Å². The molecule has 0 unspecified atom stereocenters. The molecule has 0 aliphatic carbocycles. The predicted molar refractivity (Wildman–Crippen MR) is 94.0 cm³/mol. The summed E-state index contributed by atoms with van der Waals surface area (Å²) in [5.74, 6) is 1.05. The van der Waals surface area contributed by atoms with Crippen LogP contribution in [0.15, 0.2) is 28.2 Å². The van der Waals surface area contributed by atoms with Gasteiger partial charge in [-0.15, -0.1) is 11.3 Å². The minimum Gasteiger partial charge on any atom is -0.468 e. The summed E-state index contributed by atoms with van der Waals surface area (Å²) in [5, 5.41) is 3.35. The molecule has 2 aromatic heterocycles. The molecular formula is C18H25N3O2S. The minimum absolute atomic E-state index is 0.347. The Morgan fingerprint density at radius 2 is 2.17 bits per heavy atom. The van der Waals surface area contributed by atoms with Crippen molar-refractivity contribution in [2.24, 2.45) is 0 Å². The molecule has 2 aliphatic rings. The standard InChI is InChI=1S/C18H25N3O2S/c1-14-19-15(13-24-14)11-21-8-10-23-18-5-7-20(6-4-17(18)21)12-16-3-2-9-22-16/h2-3,9,13,17-18H,4-8,10-12H2,1H3/t17-,18+/m1/s1. The number of nitrogens with zero attached hydrogens (tertiary/aromatic N) is 3. The summed E-state index contributed by atoms with van der Waals surface area (Å²) in [6, 6.07) is 4.53. The third kappa shape index (κ3) is 3.72. The van der Waals surface area contributed by atoms with E-state index in [-0.39, 0.29) is 0 Å². The van der Waals surface area contributed by atoms with Gasteiger partial charge in [0.25, 0.3) is 0 Å². The first kappa shape index (κ1) is 16.3. The largest absolute Gasteiger partial charge is 0.468 e. The number of hydrogen-bond donors (Lipinski definition) is 0. The van der Waals surface area contributed by atoms with Gasteiger partial charge in [-0.2, -0.15) is 0 Å². The number of hydrogen-bond acceptors (Lipinski definition) is 6. The van der Waals surface area contributed by atoms with Crippen LogP contribution < -0.4 is 0 Å². The zero-order valence-electron chi connectivity index (χ0n) is 14.2. The Kier molecular flexibility index (Phi) is 4.98. The molecule has 130 valence electrons. The normalized spacial score (nSPS) is 26.2. The molecule has 0 spiro atoms. The predicted octanol–water partition coefficient (Wildman–Crippen LogP) is 2.91. The number of aryl methyl sites for hydroxylation is 1. The molecule has 0 radical (unpaired) electrons. The highest BCUT2D eigenvalue weighted by Crippen LogP contribution is 2.26. The molecule has 6 heteroatoms. The van der Waals surface area contributed by atoms with Gasteiger partial charge in [0.15, 0.2) is 0 Å². The van der Waals surface area contributed by atoms with Crippen molar-refractivity contribution in [3.05, 3.63) is 40.2 Å². The van der Waals surface area contributed by atoms with Gasteiger partial charge in [0, 0.05) is 37.6 Å². The van der Waals surface area contributed by atoms with Gasteiger partial charge in [0.2, 0.25) is 0 Å². The molecule has 2 aliphatic heterocycles. The van der Waals surface area contributed by atoms with Crippen LogP contribution in [0.5, 0.6) is 0 Å². The van der Waals surface area contributed by atoms with Crippen LogP contribution in [-0.4, -0.2) is 53.2 Å². The first-order valence-electron chi connectivity index (χ1n) is 8.79. The van der Waals surface area contributed by atoms with Crippen LogP contribution in [0.25, 0.3) is 0 Å². The molecule has 0 amide bonds. The molecule has 0 aromatic carbocycles. The van der Waals surface area contributed by atoms with Crippen molar-refractivity contribution in [1.29, 1.82) is 0 Å². The lowest BCUT2D eigenvalue weighted by Gasteiger charge is -2.40. The Morgan fingerprint density at radius 1 is 1.25 bits per heavy atom. The van der Waals surface area contributed by atoms with Crippen LogP contribution in [0.4, 0.5) is 0 Å². The second kappa shape index (κ2) is 7.35. The third-order valence-electron chi connectivity index (χ3n) is 5.07. The van der Waals surface area contributed by atoms with E-state index < -0.39 is 0 Å². The average molecular weight is 347 g/mol. The van der Waals surface area contributed by atoms with Crippen LogP contribution >= 0.6 is 11.3 Å². The smallest absolute Gasteiger partial charge is 0.117 e. The summed E-state index contributed by atoms with van der Waals surface area (Å²) >= 11 is 1.74. The SMILES string of the molecule is Cc1nc(CN2CCO[C@H]3CCN(Cc4ccco4)CC[C@H]32)cs1. The second-order valence-electron chi connectivity index (χ2n) is 6.74. The van der Waals surface area contributed by atoms with Crippen LogP contribution in [0.2, 0.25) is 0 Å². The van der Waals surface area contributed by atoms with Crippen LogP contribution in [0, 0.1) is 6.92 Å². The second-order valence-corrected chi connectivity index (χ2v) is 7.80. The van der Waals surface area contributed by atoms with Gasteiger partial charge in [-0.25, -0.2) is 4.98 Å². The van der Waals surface area contributed by atoms with Crippen molar-refractivity contribution in [3.63, 3.8) is 0 Å². The molecule has 4 rings (SSSR count). The van der Waals surface area contributed by atoms with E-state index in [2.05, 4.69) is 33.2 Å². The number of morpholine rings is 1. The Morgan fingerprint density at radius 3 is 2.96 bits per heavy atom. The lowest BCUT2D eigenvalue weighted by molar-refractivity contribution is -0.0750. The van der Waals surface area contributed by atoms with Gasteiger partial charge in [0.05, 0.1) is 36.2 Å². The van der Waals surface area contributed by atoms with Crippen molar-refractivity contribution in [3.8, 4) is 0 Å². The van der Waals surface area contributed by atoms with E-state index in [4.69, 9.17) is 9.15 Å². The van der Waals surface area contributed by atoms with Gasteiger partial charge in [-0.05, 0) is 31.9 Å². The fourth-order valence-corrected chi connectivity index (χ4v) is 4.48. The molecule has 4 heterocycles. The lowest BCUT2D eigenvalue weighted by atomic mass is 10.0. The monoisotopic (exact) mass is 347 g/mol. The highest BCUT2D eigenvalue weighted by atomic mass is 32.1. The zero-order chi connectivity index (χ0) is 16.4. The van der Waals surface area contributed by atoms with E-state index >= 15 is 0 Å². The summed E-state index contributed by atoms with van der Waals surface area (Å²) in [6.07, 6.45) is 4.35. The fraction of sp³-hybridized carbons (Fsp3) is 0.611. The van der Waals surface area contributed by atoms with Gasteiger partial charge in [-0.3, -0.25) is 9.80 Å². The Bertz CT molecular complexity index is 642. The Balaban J connectivity index is 1.40. The summed E-state index contributed by atoms with van der Waals surface area (Å²) in [4.78, 5) is 9.72. The fourth-order valence-electron chi connectivity index (χ4n) is 3.88. The van der Waals surface area contributed by atoms with Crippen LogP contribution in [0.1, 0.15) is 29.3 Å². The number of fused-ring (bicyclic) bond motifs is 1. The van der Waals surface area contributed by atoms with Crippen molar-refractivity contribution < 1.29 is 9.15 Å². The average Bonchev–Trinajstić information content (AvgIpc) is 3.18. The van der Waals surface area contributed by atoms with Crippen molar-refractivity contribution in [2.75, 3.05) is 26.2 Å². The highest BCUT2D eigenvalue weighted by molar-refractivity contribution is 7.09. The van der Waals surface area contributed by atoms with E-state index in [9.17, 15) is 0 Å². The van der Waals surface area contributed by atoms with E-state index in [0.717, 1.165) is 62.9 Å². The molecule has 2 atom stereocenters. The van der Waals surface area contributed by atoms with E-state index in [1.54, 1.807) is 17.6 Å². The number of rotatable bonds is 4. The van der Waals surface area contributed by atoms with Crippen molar-refractivity contribution in [1.82, 2.24) is 14.8 Å². The first-order chi connectivity index (χ1) is 11.8. The molecular weight excluding hydrogens is 322 g/mol. The topological polar surface area (TPSA) is 41.7 Å². The van der Waals surface area contributed by atoms with Gasteiger partial charge in [-0.1, -0.05) is 0 Å². The van der Waals surface area contributed by atoms with Gasteiger partial charge in [0.1, 0.15) is 5.76 Å². The molecule has 5 nitrogen and oxygen atoms in total. The quantitative estimate of drug-likeness (QED) is 0.851. The molecule has 2 fully saturated rings. The number of aromatic nitrogens is 1. The minimum atomic E-state index is 0.347. The van der Waals surface area contributed by atoms with Crippen molar-refractivity contribution in [2.45, 2.75) is 45.0 Å². The summed E-state index contributed by atoms with van der Waals surface area (Å²) in [5.41, 5.74) is 1.20. The molecule has 2 saturated heterocycles. The maximum atomic E-state index is 6.11. The number of furan rings is 1. The summed E-state index contributed by atoms with van der Waals surface area (Å²) in [6.45, 7) is 7.95.